The van der Waals surface area contributed by atoms with Gasteiger partial charge in [0.2, 0.25) is 11.8 Å². The zero-order valence-corrected chi connectivity index (χ0v) is 8.78. The molecule has 0 atom stereocenters. The Hall–Kier alpha value is -1.10. The third kappa shape index (κ3) is 2.47. The Balaban J connectivity index is 1.66. The van der Waals surface area contributed by atoms with E-state index < -0.39 is 0 Å². The van der Waals surface area contributed by atoms with Crippen LogP contribution in [0.1, 0.15) is 25.7 Å². The van der Waals surface area contributed by atoms with Crippen LogP contribution in [0.4, 0.5) is 0 Å². The van der Waals surface area contributed by atoms with Crippen LogP contribution in [0, 0.1) is 0 Å². The van der Waals surface area contributed by atoms with Crippen LogP contribution in [-0.4, -0.2) is 48.2 Å². The van der Waals surface area contributed by atoms with Gasteiger partial charge < -0.3 is 14.5 Å². The van der Waals surface area contributed by atoms with Crippen LogP contribution in [-0.2, 0) is 14.3 Å². The Morgan fingerprint density at radius 2 is 1.40 bits per heavy atom. The topological polar surface area (TPSA) is 49.9 Å². The van der Waals surface area contributed by atoms with Gasteiger partial charge >= 0.3 is 0 Å². The predicted octanol–water partition coefficient (Wildman–Crippen LogP) is 0.163. The van der Waals surface area contributed by atoms with Crippen LogP contribution in [0.5, 0.6) is 0 Å². The Kier molecular flexibility index (Phi) is 3.20. The minimum atomic E-state index is 0.155. The summed E-state index contributed by atoms with van der Waals surface area (Å²) in [6, 6.07) is 0. The third-order valence-corrected chi connectivity index (χ3v) is 2.84. The molecule has 15 heavy (non-hydrogen) atoms. The van der Waals surface area contributed by atoms with Crippen LogP contribution in [0.3, 0.4) is 0 Å². The van der Waals surface area contributed by atoms with E-state index in [0.29, 0.717) is 26.3 Å². The first-order chi connectivity index (χ1) is 7.27. The van der Waals surface area contributed by atoms with E-state index in [0.717, 1.165) is 25.9 Å². The van der Waals surface area contributed by atoms with Crippen molar-refractivity contribution in [3.63, 3.8) is 0 Å². The number of carbonyl (C=O) groups excluding carboxylic acids is 2. The fourth-order valence-electron chi connectivity index (χ4n) is 1.94. The Labute approximate surface area is 89.0 Å². The average Bonchev–Trinajstić information content (AvgIpc) is 2.78. The van der Waals surface area contributed by atoms with Gasteiger partial charge in [0, 0.05) is 25.9 Å². The largest absolute Gasteiger partial charge is 0.341 e. The second kappa shape index (κ2) is 4.61. The van der Waals surface area contributed by atoms with Crippen LogP contribution in [0.15, 0.2) is 0 Å². The minimum Gasteiger partial charge on any atom is -0.341 e. The van der Waals surface area contributed by atoms with Crippen molar-refractivity contribution in [2.24, 2.45) is 0 Å². The van der Waals surface area contributed by atoms with Gasteiger partial charge in [-0.3, -0.25) is 9.59 Å². The Bertz CT molecular complexity index is 241. The zero-order valence-electron chi connectivity index (χ0n) is 8.78. The highest BCUT2D eigenvalue weighted by Gasteiger charge is 2.22. The molecule has 2 aliphatic rings. The minimum absolute atomic E-state index is 0.155. The maximum absolute atomic E-state index is 11.2. The molecule has 84 valence electrons. The number of carbonyl (C=O) groups is 2. The highest BCUT2D eigenvalue weighted by Crippen LogP contribution is 2.11. The maximum atomic E-state index is 11.2. The van der Waals surface area contributed by atoms with Crippen molar-refractivity contribution in [2.75, 3.05) is 26.6 Å². The fourth-order valence-corrected chi connectivity index (χ4v) is 1.94. The smallest absolute Gasteiger partial charge is 0.224 e. The number of ether oxygens (including phenoxy) is 1. The van der Waals surface area contributed by atoms with Crippen molar-refractivity contribution in [3.8, 4) is 0 Å². The molecule has 0 bridgehead atoms. The van der Waals surface area contributed by atoms with Gasteiger partial charge in [-0.2, -0.15) is 0 Å². The van der Waals surface area contributed by atoms with Gasteiger partial charge in [0.15, 0.2) is 0 Å². The Morgan fingerprint density at radius 1 is 0.933 bits per heavy atom. The van der Waals surface area contributed by atoms with Crippen molar-refractivity contribution in [2.45, 2.75) is 25.7 Å². The van der Waals surface area contributed by atoms with E-state index in [2.05, 4.69) is 0 Å². The summed E-state index contributed by atoms with van der Waals surface area (Å²) in [5.41, 5.74) is 0. The van der Waals surface area contributed by atoms with E-state index in [9.17, 15) is 9.59 Å². The lowest BCUT2D eigenvalue weighted by Gasteiger charge is -2.19. The lowest BCUT2D eigenvalue weighted by molar-refractivity contribution is -0.138. The van der Waals surface area contributed by atoms with E-state index in [1.54, 1.807) is 9.80 Å². The summed E-state index contributed by atoms with van der Waals surface area (Å²) < 4.78 is 5.35. The summed E-state index contributed by atoms with van der Waals surface area (Å²) in [6.45, 7) is 2.21. The SMILES string of the molecule is O=C1CCCN1COCN1CCCC1=O. The lowest BCUT2D eigenvalue weighted by Crippen LogP contribution is -2.33. The highest BCUT2D eigenvalue weighted by molar-refractivity contribution is 5.78. The highest BCUT2D eigenvalue weighted by atomic mass is 16.5. The van der Waals surface area contributed by atoms with Gasteiger partial charge in [-0.25, -0.2) is 0 Å². The van der Waals surface area contributed by atoms with Crippen molar-refractivity contribution >= 4 is 11.8 Å². The van der Waals surface area contributed by atoms with Crippen molar-refractivity contribution in [1.29, 1.82) is 0 Å². The first-order valence-corrected chi connectivity index (χ1v) is 5.40. The second-order valence-electron chi connectivity index (χ2n) is 3.98. The van der Waals surface area contributed by atoms with Gasteiger partial charge in [0.25, 0.3) is 0 Å². The van der Waals surface area contributed by atoms with Crippen LogP contribution >= 0.6 is 0 Å². The molecule has 2 amide bonds. The van der Waals surface area contributed by atoms with E-state index in [1.165, 1.54) is 0 Å². The molecule has 0 N–H and O–H groups in total. The van der Waals surface area contributed by atoms with Crippen molar-refractivity contribution in [1.82, 2.24) is 9.80 Å². The summed E-state index contributed by atoms with van der Waals surface area (Å²) in [4.78, 5) is 25.9. The average molecular weight is 212 g/mol. The molecule has 2 heterocycles. The number of amides is 2. The third-order valence-electron chi connectivity index (χ3n) is 2.84. The quantitative estimate of drug-likeness (QED) is 0.667. The number of hydrogen-bond donors (Lipinski definition) is 0. The lowest BCUT2D eigenvalue weighted by atomic mass is 10.4. The van der Waals surface area contributed by atoms with Crippen LogP contribution in [0.25, 0.3) is 0 Å². The molecule has 0 radical (unpaired) electrons. The number of rotatable bonds is 4. The molecule has 2 rings (SSSR count). The first-order valence-electron chi connectivity index (χ1n) is 5.40. The summed E-state index contributed by atoms with van der Waals surface area (Å²) >= 11 is 0. The molecule has 0 unspecified atom stereocenters. The van der Waals surface area contributed by atoms with Gasteiger partial charge in [0.1, 0.15) is 13.5 Å². The first kappa shape index (κ1) is 10.4. The fraction of sp³-hybridized carbons (Fsp3) is 0.800. The molecule has 0 aromatic rings. The normalized spacial score (nSPS) is 21.9. The molecule has 0 saturated carbocycles. The van der Waals surface area contributed by atoms with Gasteiger partial charge in [-0.1, -0.05) is 0 Å². The van der Waals surface area contributed by atoms with Gasteiger partial charge in [-0.15, -0.1) is 0 Å². The van der Waals surface area contributed by atoms with E-state index in [4.69, 9.17) is 4.74 Å². The molecule has 2 saturated heterocycles. The molecule has 0 aromatic carbocycles. The standard InChI is InChI=1S/C10H16N2O3/c13-9-3-1-5-11(9)7-15-8-12-6-2-4-10(12)14/h1-8H2. The molecule has 2 fully saturated rings. The van der Waals surface area contributed by atoms with E-state index in [-0.39, 0.29) is 11.8 Å². The summed E-state index contributed by atoms with van der Waals surface area (Å²) in [5.74, 6) is 0.311. The van der Waals surface area contributed by atoms with Gasteiger partial charge in [-0.05, 0) is 12.8 Å². The van der Waals surface area contributed by atoms with E-state index >= 15 is 0 Å². The number of likely N-dealkylation sites (tertiary alicyclic amines) is 2. The Morgan fingerprint density at radius 3 is 1.73 bits per heavy atom. The number of hydrogen-bond acceptors (Lipinski definition) is 3. The maximum Gasteiger partial charge on any atom is 0.224 e. The predicted molar refractivity (Wildman–Crippen MR) is 52.7 cm³/mol. The summed E-state index contributed by atoms with van der Waals surface area (Å²) in [6.07, 6.45) is 3.10. The van der Waals surface area contributed by atoms with Crippen molar-refractivity contribution in [3.05, 3.63) is 0 Å². The van der Waals surface area contributed by atoms with Crippen LogP contribution < -0.4 is 0 Å². The molecular weight excluding hydrogens is 196 g/mol. The molecule has 2 aliphatic heterocycles. The monoisotopic (exact) mass is 212 g/mol. The molecule has 0 aliphatic carbocycles. The molecular formula is C10H16N2O3. The molecule has 0 spiro atoms. The van der Waals surface area contributed by atoms with Crippen LogP contribution in [0.2, 0.25) is 0 Å². The second-order valence-corrected chi connectivity index (χ2v) is 3.98. The molecule has 5 heteroatoms. The summed E-state index contributed by atoms with van der Waals surface area (Å²) in [7, 11) is 0. The molecule has 5 nitrogen and oxygen atoms in total. The van der Waals surface area contributed by atoms with E-state index in [1.807, 2.05) is 0 Å². The van der Waals surface area contributed by atoms with Crippen molar-refractivity contribution < 1.29 is 14.3 Å². The molecule has 0 aromatic heterocycles. The number of nitrogens with zero attached hydrogens (tertiary/aromatic N) is 2. The zero-order chi connectivity index (χ0) is 10.7. The summed E-state index contributed by atoms with van der Waals surface area (Å²) in [5, 5.41) is 0. The van der Waals surface area contributed by atoms with Gasteiger partial charge in [0.05, 0.1) is 0 Å².